The van der Waals surface area contributed by atoms with Crippen LogP contribution in [0.2, 0.25) is 0 Å². The molecule has 1 aromatic heterocycles. The summed E-state index contributed by atoms with van der Waals surface area (Å²) in [6.45, 7) is -0.000343. The molecule has 4 nitrogen and oxygen atoms in total. The van der Waals surface area contributed by atoms with E-state index >= 15 is 0 Å². The minimum Gasteiger partial charge on any atom is -0.497 e. The average Bonchev–Trinajstić information content (AvgIpc) is 2.71. The van der Waals surface area contributed by atoms with Crippen LogP contribution in [-0.4, -0.2) is 22.0 Å². The highest BCUT2D eigenvalue weighted by Crippen LogP contribution is 2.21. The third-order valence-electron chi connectivity index (χ3n) is 2.52. The Morgan fingerprint density at radius 1 is 1.31 bits per heavy atom. The molecule has 0 aliphatic rings. The molecule has 4 heteroatoms. The number of aryl methyl sites for hydroxylation is 1. The van der Waals surface area contributed by atoms with E-state index in [9.17, 15) is 0 Å². The van der Waals surface area contributed by atoms with Gasteiger partial charge in [0.05, 0.1) is 25.1 Å². The first kappa shape index (κ1) is 10.7. The fourth-order valence-corrected chi connectivity index (χ4v) is 1.56. The SMILES string of the molecule is COc1ccc(-c2cc(CO)n(C)n2)cc1. The van der Waals surface area contributed by atoms with Crippen molar-refractivity contribution in [3.63, 3.8) is 0 Å². The summed E-state index contributed by atoms with van der Waals surface area (Å²) in [7, 11) is 3.46. The number of hydrogen-bond acceptors (Lipinski definition) is 3. The van der Waals surface area contributed by atoms with Crippen molar-refractivity contribution in [1.29, 1.82) is 0 Å². The second-order valence-corrected chi connectivity index (χ2v) is 3.53. The molecule has 0 fully saturated rings. The van der Waals surface area contributed by atoms with Crippen molar-refractivity contribution >= 4 is 0 Å². The number of rotatable bonds is 3. The Labute approximate surface area is 94.1 Å². The van der Waals surface area contributed by atoms with Gasteiger partial charge in [0.2, 0.25) is 0 Å². The van der Waals surface area contributed by atoms with Crippen LogP contribution in [0.1, 0.15) is 5.69 Å². The largest absolute Gasteiger partial charge is 0.497 e. The number of ether oxygens (including phenoxy) is 1. The second-order valence-electron chi connectivity index (χ2n) is 3.53. The molecule has 84 valence electrons. The lowest BCUT2D eigenvalue weighted by molar-refractivity contribution is 0.270. The molecule has 0 unspecified atom stereocenters. The van der Waals surface area contributed by atoms with Gasteiger partial charge in [-0.1, -0.05) is 0 Å². The van der Waals surface area contributed by atoms with Crippen LogP contribution in [0.3, 0.4) is 0 Å². The van der Waals surface area contributed by atoms with Crippen LogP contribution in [0.5, 0.6) is 5.75 Å². The summed E-state index contributed by atoms with van der Waals surface area (Å²) in [5.41, 5.74) is 2.66. The third-order valence-corrected chi connectivity index (χ3v) is 2.52. The van der Waals surface area contributed by atoms with Gasteiger partial charge in [-0.15, -0.1) is 0 Å². The molecule has 16 heavy (non-hydrogen) atoms. The van der Waals surface area contributed by atoms with Crippen LogP contribution in [0.25, 0.3) is 11.3 Å². The minimum atomic E-state index is -0.000343. The zero-order valence-electron chi connectivity index (χ0n) is 9.34. The Bertz CT molecular complexity index is 474. The lowest BCUT2D eigenvalue weighted by atomic mass is 10.1. The number of aliphatic hydroxyl groups excluding tert-OH is 1. The van der Waals surface area contributed by atoms with Crippen LogP contribution in [-0.2, 0) is 13.7 Å². The molecule has 1 N–H and O–H groups in total. The van der Waals surface area contributed by atoms with Gasteiger partial charge in [0.25, 0.3) is 0 Å². The second kappa shape index (κ2) is 4.37. The molecule has 0 aliphatic carbocycles. The van der Waals surface area contributed by atoms with Crippen molar-refractivity contribution < 1.29 is 9.84 Å². The number of hydrogen-bond donors (Lipinski definition) is 1. The van der Waals surface area contributed by atoms with Gasteiger partial charge in [-0.2, -0.15) is 5.10 Å². The van der Waals surface area contributed by atoms with E-state index in [1.54, 1.807) is 11.8 Å². The maximum atomic E-state index is 9.08. The van der Waals surface area contributed by atoms with Crippen molar-refractivity contribution in [1.82, 2.24) is 9.78 Å². The van der Waals surface area contributed by atoms with Crippen molar-refractivity contribution in [2.24, 2.45) is 7.05 Å². The van der Waals surface area contributed by atoms with Gasteiger partial charge >= 0.3 is 0 Å². The van der Waals surface area contributed by atoms with Gasteiger partial charge < -0.3 is 9.84 Å². The summed E-state index contributed by atoms with van der Waals surface area (Å²) < 4.78 is 6.77. The Hall–Kier alpha value is -1.81. The van der Waals surface area contributed by atoms with Crippen LogP contribution in [0, 0.1) is 0 Å². The number of aromatic nitrogens is 2. The fourth-order valence-electron chi connectivity index (χ4n) is 1.56. The van der Waals surface area contributed by atoms with Crippen molar-refractivity contribution in [2.75, 3.05) is 7.11 Å². The highest BCUT2D eigenvalue weighted by Gasteiger charge is 2.06. The summed E-state index contributed by atoms with van der Waals surface area (Å²) in [6, 6.07) is 9.55. The lowest BCUT2D eigenvalue weighted by Gasteiger charge is -2.00. The third kappa shape index (κ3) is 1.92. The summed E-state index contributed by atoms with van der Waals surface area (Å²) in [4.78, 5) is 0. The summed E-state index contributed by atoms with van der Waals surface area (Å²) in [5, 5.41) is 13.4. The monoisotopic (exact) mass is 218 g/mol. The smallest absolute Gasteiger partial charge is 0.118 e. The molecule has 0 saturated carbocycles. The molecule has 1 heterocycles. The van der Waals surface area contributed by atoms with E-state index in [0.29, 0.717) is 0 Å². The average molecular weight is 218 g/mol. The molecule has 2 rings (SSSR count). The van der Waals surface area contributed by atoms with Crippen LogP contribution in [0.4, 0.5) is 0 Å². The van der Waals surface area contributed by atoms with Gasteiger partial charge in [-0.25, -0.2) is 0 Å². The quantitative estimate of drug-likeness (QED) is 0.851. The standard InChI is InChI=1S/C12H14N2O2/c1-14-10(8-15)7-12(13-14)9-3-5-11(16-2)6-4-9/h3-7,15H,8H2,1-2H3. The van der Waals surface area contributed by atoms with E-state index < -0.39 is 0 Å². The molecule has 1 aromatic carbocycles. The van der Waals surface area contributed by atoms with E-state index in [4.69, 9.17) is 9.84 Å². The maximum absolute atomic E-state index is 9.08. The van der Waals surface area contributed by atoms with Crippen molar-refractivity contribution in [3.8, 4) is 17.0 Å². The zero-order chi connectivity index (χ0) is 11.5. The summed E-state index contributed by atoms with van der Waals surface area (Å²) >= 11 is 0. The number of benzene rings is 1. The van der Waals surface area contributed by atoms with E-state index in [0.717, 1.165) is 22.7 Å². The first-order valence-electron chi connectivity index (χ1n) is 5.03. The molecule has 0 spiro atoms. The number of nitrogens with zero attached hydrogens (tertiary/aromatic N) is 2. The molecule has 0 saturated heterocycles. The first-order valence-corrected chi connectivity index (χ1v) is 5.03. The van der Waals surface area contributed by atoms with Gasteiger partial charge in [-0.05, 0) is 30.3 Å². The lowest BCUT2D eigenvalue weighted by Crippen LogP contribution is -1.96. The van der Waals surface area contributed by atoms with E-state index in [1.807, 2.05) is 37.4 Å². The van der Waals surface area contributed by atoms with Gasteiger partial charge in [-0.3, -0.25) is 4.68 Å². The number of aliphatic hydroxyl groups is 1. The normalized spacial score (nSPS) is 10.4. The summed E-state index contributed by atoms with van der Waals surface area (Å²) in [5.74, 6) is 0.821. The van der Waals surface area contributed by atoms with Gasteiger partial charge in [0, 0.05) is 12.6 Å². The first-order chi connectivity index (χ1) is 7.74. The van der Waals surface area contributed by atoms with Crippen LogP contribution >= 0.6 is 0 Å². The highest BCUT2D eigenvalue weighted by atomic mass is 16.5. The predicted molar refractivity (Wildman–Crippen MR) is 61.1 cm³/mol. The maximum Gasteiger partial charge on any atom is 0.118 e. The molecule has 0 amide bonds. The fraction of sp³-hybridized carbons (Fsp3) is 0.250. The highest BCUT2D eigenvalue weighted by molar-refractivity contribution is 5.60. The topological polar surface area (TPSA) is 47.3 Å². The molecule has 0 aliphatic heterocycles. The molecular formula is C12H14N2O2. The molecule has 2 aromatic rings. The minimum absolute atomic E-state index is 0.000343. The van der Waals surface area contributed by atoms with E-state index in [1.165, 1.54) is 0 Å². The van der Waals surface area contributed by atoms with Crippen LogP contribution < -0.4 is 4.74 Å². The molecule has 0 bridgehead atoms. The predicted octanol–water partition coefficient (Wildman–Crippen LogP) is 1.59. The number of methoxy groups -OCH3 is 1. The van der Waals surface area contributed by atoms with E-state index in [-0.39, 0.29) is 6.61 Å². The zero-order valence-corrected chi connectivity index (χ0v) is 9.34. The van der Waals surface area contributed by atoms with Gasteiger partial charge in [0.1, 0.15) is 5.75 Å². The van der Waals surface area contributed by atoms with Crippen LogP contribution in [0.15, 0.2) is 30.3 Å². The Kier molecular flexibility index (Phi) is 2.92. The van der Waals surface area contributed by atoms with Crippen molar-refractivity contribution in [2.45, 2.75) is 6.61 Å². The molecule has 0 radical (unpaired) electrons. The van der Waals surface area contributed by atoms with E-state index in [2.05, 4.69) is 5.10 Å². The Balaban J connectivity index is 2.34. The van der Waals surface area contributed by atoms with Crippen molar-refractivity contribution in [3.05, 3.63) is 36.0 Å². The Morgan fingerprint density at radius 2 is 2.00 bits per heavy atom. The Morgan fingerprint density at radius 3 is 2.50 bits per heavy atom. The molecular weight excluding hydrogens is 204 g/mol. The summed E-state index contributed by atoms with van der Waals surface area (Å²) in [6.07, 6.45) is 0. The molecule has 0 atom stereocenters. The van der Waals surface area contributed by atoms with Gasteiger partial charge in [0.15, 0.2) is 0 Å².